The fourth-order valence-corrected chi connectivity index (χ4v) is 2.84. The van der Waals surface area contributed by atoms with E-state index in [1.165, 1.54) is 0 Å². The van der Waals surface area contributed by atoms with Crippen molar-refractivity contribution in [2.24, 2.45) is 0 Å². The van der Waals surface area contributed by atoms with Crippen LogP contribution in [0.1, 0.15) is 30.0 Å². The van der Waals surface area contributed by atoms with Gasteiger partial charge in [0.15, 0.2) is 0 Å². The van der Waals surface area contributed by atoms with E-state index < -0.39 is 11.9 Å². The maximum Gasteiger partial charge on any atom is 0.0504 e. The third-order valence-electron chi connectivity index (χ3n) is 3.45. The minimum Gasteiger partial charge on any atom is -0.549 e. The second-order valence-corrected chi connectivity index (χ2v) is 4.91. The molecule has 0 saturated carbocycles. The summed E-state index contributed by atoms with van der Waals surface area (Å²) in [4.78, 5) is 14.3. The van der Waals surface area contributed by atoms with Crippen LogP contribution < -0.4 is 5.11 Å². The average molecular weight is 249 g/mol. The Morgan fingerprint density at radius 3 is 3.06 bits per heavy atom. The van der Waals surface area contributed by atoms with Crippen LogP contribution >= 0.6 is 11.6 Å². The molecule has 17 heavy (non-hydrogen) atoms. The number of rotatable bonds is 1. The highest BCUT2D eigenvalue weighted by Crippen LogP contribution is 2.36. The van der Waals surface area contributed by atoms with Crippen molar-refractivity contribution in [3.63, 3.8) is 0 Å². The Morgan fingerprint density at radius 2 is 2.29 bits per heavy atom. The maximum absolute atomic E-state index is 11.1. The number of aromatic nitrogens is 1. The van der Waals surface area contributed by atoms with Gasteiger partial charge in [-0.05, 0) is 43.0 Å². The Morgan fingerprint density at radius 1 is 1.47 bits per heavy atom. The quantitative estimate of drug-likeness (QED) is 0.839. The van der Waals surface area contributed by atoms with Crippen molar-refractivity contribution in [2.45, 2.75) is 25.2 Å². The Kier molecular flexibility index (Phi) is 2.37. The summed E-state index contributed by atoms with van der Waals surface area (Å²) in [5.74, 6) is -1.51. The molecule has 2 aromatic rings. The van der Waals surface area contributed by atoms with Gasteiger partial charge in [0.1, 0.15) is 0 Å². The van der Waals surface area contributed by atoms with E-state index in [4.69, 9.17) is 11.6 Å². The first kappa shape index (κ1) is 10.7. The van der Waals surface area contributed by atoms with Crippen molar-refractivity contribution in [3.8, 4) is 0 Å². The minimum absolute atomic E-state index is 0.509. The summed E-state index contributed by atoms with van der Waals surface area (Å²) < 4.78 is 0. The summed E-state index contributed by atoms with van der Waals surface area (Å²) in [6.07, 6.45) is 2.43. The van der Waals surface area contributed by atoms with Gasteiger partial charge < -0.3 is 14.9 Å². The third kappa shape index (κ3) is 1.62. The number of benzene rings is 1. The fraction of sp³-hybridized carbons (Fsp3) is 0.308. The monoisotopic (exact) mass is 248 g/mol. The van der Waals surface area contributed by atoms with Gasteiger partial charge in [-0.2, -0.15) is 0 Å². The van der Waals surface area contributed by atoms with E-state index in [9.17, 15) is 9.90 Å². The van der Waals surface area contributed by atoms with Gasteiger partial charge in [-0.25, -0.2) is 0 Å². The summed E-state index contributed by atoms with van der Waals surface area (Å²) in [6.45, 7) is 0. The number of carbonyl (C=O) groups is 1. The lowest BCUT2D eigenvalue weighted by molar-refractivity contribution is -0.308. The molecule has 0 aliphatic heterocycles. The van der Waals surface area contributed by atoms with Gasteiger partial charge in [0.25, 0.3) is 0 Å². The maximum atomic E-state index is 11.1. The zero-order chi connectivity index (χ0) is 12.0. The first-order chi connectivity index (χ1) is 8.16. The Balaban J connectivity index is 2.25. The van der Waals surface area contributed by atoms with E-state index in [1.807, 2.05) is 12.1 Å². The van der Waals surface area contributed by atoms with E-state index in [-0.39, 0.29) is 0 Å². The number of hydrogen-bond acceptors (Lipinski definition) is 2. The van der Waals surface area contributed by atoms with Crippen LogP contribution in [0.3, 0.4) is 0 Å². The van der Waals surface area contributed by atoms with Gasteiger partial charge in [-0.3, -0.25) is 0 Å². The normalized spacial score (nSPS) is 19.2. The molecule has 0 radical (unpaired) electrons. The molecule has 1 aromatic heterocycles. The first-order valence-corrected chi connectivity index (χ1v) is 6.05. The first-order valence-electron chi connectivity index (χ1n) is 5.67. The second kappa shape index (κ2) is 3.77. The standard InChI is InChI=1S/C13H12ClNO2/c14-7-4-5-11-10(6-7)8-2-1-3-9(13(16)17)12(8)15-11/h4-6,9,15H,1-3H2,(H,16,17)/p-1/t9-/m1/s1. The number of hydrogen-bond donors (Lipinski definition) is 1. The number of carboxylic acid groups (broad SMARTS) is 1. The lowest BCUT2D eigenvalue weighted by Crippen LogP contribution is -2.31. The van der Waals surface area contributed by atoms with Gasteiger partial charge in [-0.1, -0.05) is 11.6 Å². The summed E-state index contributed by atoms with van der Waals surface area (Å²) in [6, 6.07) is 5.59. The summed E-state index contributed by atoms with van der Waals surface area (Å²) in [7, 11) is 0. The van der Waals surface area contributed by atoms with Crippen LogP contribution in [0.4, 0.5) is 0 Å². The van der Waals surface area contributed by atoms with E-state index in [0.29, 0.717) is 11.4 Å². The van der Waals surface area contributed by atoms with Gasteiger partial charge >= 0.3 is 0 Å². The van der Waals surface area contributed by atoms with Gasteiger partial charge in [0.2, 0.25) is 0 Å². The largest absolute Gasteiger partial charge is 0.549 e. The lowest BCUT2D eigenvalue weighted by atomic mass is 9.87. The zero-order valence-corrected chi connectivity index (χ0v) is 9.88. The Bertz CT molecular complexity index is 603. The molecule has 3 rings (SSSR count). The van der Waals surface area contributed by atoms with Crippen molar-refractivity contribution in [1.82, 2.24) is 4.98 Å². The number of halogens is 1. The number of nitrogens with one attached hydrogen (secondary N) is 1. The molecular formula is C13H11ClNO2-. The highest BCUT2D eigenvalue weighted by atomic mass is 35.5. The minimum atomic E-state index is -0.997. The number of carboxylic acids is 1. The van der Waals surface area contributed by atoms with E-state index in [0.717, 1.165) is 35.0 Å². The highest BCUT2D eigenvalue weighted by molar-refractivity contribution is 6.31. The molecule has 4 heteroatoms. The molecule has 88 valence electrons. The number of aryl methyl sites for hydroxylation is 1. The molecule has 1 N–H and O–H groups in total. The van der Waals surface area contributed by atoms with Crippen molar-refractivity contribution in [3.05, 3.63) is 34.5 Å². The third-order valence-corrected chi connectivity index (χ3v) is 3.69. The van der Waals surface area contributed by atoms with E-state index in [1.54, 1.807) is 6.07 Å². The molecular weight excluding hydrogens is 238 g/mol. The predicted molar refractivity (Wildman–Crippen MR) is 64.0 cm³/mol. The van der Waals surface area contributed by atoms with E-state index in [2.05, 4.69) is 4.98 Å². The summed E-state index contributed by atoms with van der Waals surface area (Å²) in [5.41, 5.74) is 2.84. The van der Waals surface area contributed by atoms with Gasteiger partial charge in [-0.15, -0.1) is 0 Å². The molecule has 0 spiro atoms. The molecule has 0 unspecified atom stereocenters. The number of H-pyrrole nitrogens is 1. The molecule has 1 aliphatic rings. The Labute approximate surface area is 103 Å². The molecule has 1 aromatic carbocycles. The topological polar surface area (TPSA) is 55.9 Å². The SMILES string of the molecule is O=C([O-])[C@@H]1CCCc2c1[nH]c1ccc(Cl)cc21. The number of fused-ring (bicyclic) bond motifs is 3. The fourth-order valence-electron chi connectivity index (χ4n) is 2.67. The highest BCUT2D eigenvalue weighted by Gasteiger charge is 2.24. The van der Waals surface area contributed by atoms with Gasteiger partial charge in [0, 0.05) is 27.5 Å². The van der Waals surface area contributed by atoms with Crippen molar-refractivity contribution >= 4 is 28.5 Å². The molecule has 0 fully saturated rings. The predicted octanol–water partition coefficient (Wildman–Crippen LogP) is 1.99. The lowest BCUT2D eigenvalue weighted by Gasteiger charge is -2.23. The van der Waals surface area contributed by atoms with Crippen LogP contribution in [0.2, 0.25) is 5.02 Å². The molecule has 3 nitrogen and oxygen atoms in total. The smallest absolute Gasteiger partial charge is 0.0504 e. The van der Waals surface area contributed by atoms with Crippen LogP contribution in [-0.4, -0.2) is 11.0 Å². The van der Waals surface area contributed by atoms with Crippen LogP contribution in [-0.2, 0) is 11.2 Å². The average Bonchev–Trinajstić information content (AvgIpc) is 2.66. The van der Waals surface area contributed by atoms with Crippen molar-refractivity contribution in [2.75, 3.05) is 0 Å². The molecule has 1 heterocycles. The van der Waals surface area contributed by atoms with Crippen molar-refractivity contribution < 1.29 is 9.90 Å². The number of aromatic amines is 1. The van der Waals surface area contributed by atoms with Gasteiger partial charge in [0.05, 0.1) is 5.97 Å². The van der Waals surface area contributed by atoms with Crippen LogP contribution in [0, 0.1) is 0 Å². The van der Waals surface area contributed by atoms with Crippen LogP contribution in [0.15, 0.2) is 18.2 Å². The molecule has 0 saturated heterocycles. The summed E-state index contributed by atoms with van der Waals surface area (Å²) >= 11 is 5.97. The van der Waals surface area contributed by atoms with E-state index >= 15 is 0 Å². The van der Waals surface area contributed by atoms with Crippen LogP contribution in [0.25, 0.3) is 10.9 Å². The zero-order valence-electron chi connectivity index (χ0n) is 9.13. The van der Waals surface area contributed by atoms with Crippen molar-refractivity contribution in [1.29, 1.82) is 0 Å². The second-order valence-electron chi connectivity index (χ2n) is 4.47. The summed E-state index contributed by atoms with van der Waals surface area (Å²) in [5, 5.41) is 12.8. The number of carbonyl (C=O) groups excluding carboxylic acids is 1. The molecule has 1 aliphatic carbocycles. The number of aliphatic carboxylic acids is 1. The molecule has 0 amide bonds. The van der Waals surface area contributed by atoms with Crippen LogP contribution in [0.5, 0.6) is 0 Å². The Hall–Kier alpha value is -1.48. The molecule has 1 atom stereocenters. The molecule has 0 bridgehead atoms.